The minimum Gasteiger partial charge on any atom is -0.487 e. The van der Waals surface area contributed by atoms with Crippen LogP contribution in [0.25, 0.3) is 0 Å². The second-order valence-corrected chi connectivity index (χ2v) is 5.12. The Morgan fingerprint density at radius 2 is 2.12 bits per heavy atom. The van der Waals surface area contributed by atoms with Crippen LogP contribution in [0.4, 0.5) is 0 Å². The summed E-state index contributed by atoms with van der Waals surface area (Å²) >= 11 is 1.71. The molecule has 16 heavy (non-hydrogen) atoms. The lowest BCUT2D eigenvalue weighted by Gasteiger charge is -2.19. The van der Waals surface area contributed by atoms with Crippen LogP contribution >= 0.6 is 11.8 Å². The van der Waals surface area contributed by atoms with Gasteiger partial charge in [0.2, 0.25) is 0 Å². The number of rotatable bonds is 4. The lowest BCUT2D eigenvalue weighted by atomic mass is 9.96. The lowest BCUT2D eigenvalue weighted by molar-refractivity contribution is 0.316. The van der Waals surface area contributed by atoms with Crippen LogP contribution in [0.15, 0.2) is 23.1 Å². The third-order valence-corrected chi connectivity index (χ3v) is 3.57. The Morgan fingerprint density at radius 3 is 2.62 bits per heavy atom. The minimum absolute atomic E-state index is 0.473. The highest BCUT2D eigenvalue weighted by molar-refractivity contribution is 8.14. The maximum Gasteiger partial charge on any atom is 0.193 e. The highest BCUT2D eigenvalue weighted by Gasteiger charge is 2.15. The highest BCUT2D eigenvalue weighted by atomic mass is 32.2. The molecule has 1 fully saturated rings. The van der Waals surface area contributed by atoms with Crippen molar-refractivity contribution in [2.45, 2.75) is 45.1 Å². The van der Waals surface area contributed by atoms with E-state index in [9.17, 15) is 0 Å². The molecule has 0 saturated heterocycles. The normalized spacial score (nSPS) is 18.0. The van der Waals surface area contributed by atoms with Crippen molar-refractivity contribution >= 4 is 16.8 Å². The molecule has 1 aliphatic rings. The summed E-state index contributed by atoms with van der Waals surface area (Å²) < 4.78 is 5.25. The van der Waals surface area contributed by atoms with Gasteiger partial charge in [0, 0.05) is 0 Å². The van der Waals surface area contributed by atoms with Crippen molar-refractivity contribution < 1.29 is 4.74 Å². The summed E-state index contributed by atoms with van der Waals surface area (Å²) in [6.07, 6.45) is 6.39. The zero-order valence-electron chi connectivity index (χ0n) is 10.3. The van der Waals surface area contributed by atoms with E-state index in [2.05, 4.69) is 19.2 Å². The first-order valence-corrected chi connectivity index (χ1v) is 6.95. The van der Waals surface area contributed by atoms with Crippen LogP contribution in [0.1, 0.15) is 39.0 Å². The number of ether oxygens (including phenoxy) is 1. The van der Waals surface area contributed by atoms with Gasteiger partial charge in [-0.15, -0.1) is 11.8 Å². The summed E-state index contributed by atoms with van der Waals surface area (Å²) in [5.74, 6) is 1.69. The first-order chi connectivity index (χ1) is 7.81. The van der Waals surface area contributed by atoms with E-state index in [1.54, 1.807) is 18.9 Å². The SMILES string of the molecule is C=C=C(OC)C(=NC1CCCCC1)SCC. The fourth-order valence-electron chi connectivity index (χ4n) is 1.91. The van der Waals surface area contributed by atoms with E-state index in [4.69, 9.17) is 9.73 Å². The molecule has 0 spiro atoms. The Labute approximate surface area is 103 Å². The average Bonchev–Trinajstić information content (AvgIpc) is 2.32. The van der Waals surface area contributed by atoms with Crippen LogP contribution in [0.2, 0.25) is 0 Å². The van der Waals surface area contributed by atoms with Gasteiger partial charge < -0.3 is 4.74 Å². The number of thioether (sulfide) groups is 1. The molecule has 0 radical (unpaired) electrons. The van der Waals surface area contributed by atoms with Crippen LogP contribution in [-0.2, 0) is 4.74 Å². The molecule has 2 nitrogen and oxygen atoms in total. The van der Waals surface area contributed by atoms with E-state index in [-0.39, 0.29) is 0 Å². The molecule has 0 N–H and O–H groups in total. The topological polar surface area (TPSA) is 21.6 Å². The second kappa shape index (κ2) is 7.59. The molecule has 0 bridgehead atoms. The largest absolute Gasteiger partial charge is 0.487 e. The van der Waals surface area contributed by atoms with Gasteiger partial charge in [-0.2, -0.15) is 0 Å². The molecule has 1 rings (SSSR count). The van der Waals surface area contributed by atoms with E-state index in [1.165, 1.54) is 32.1 Å². The van der Waals surface area contributed by atoms with Crippen molar-refractivity contribution in [3.8, 4) is 0 Å². The average molecular weight is 239 g/mol. The van der Waals surface area contributed by atoms with Crippen molar-refractivity contribution in [3.63, 3.8) is 0 Å². The van der Waals surface area contributed by atoms with Crippen LogP contribution < -0.4 is 0 Å². The minimum atomic E-state index is 0.473. The fourth-order valence-corrected chi connectivity index (χ4v) is 2.69. The van der Waals surface area contributed by atoms with Crippen LogP contribution in [0, 0.1) is 0 Å². The predicted octanol–water partition coefficient (Wildman–Crippen LogP) is 3.79. The van der Waals surface area contributed by atoms with Crippen LogP contribution in [0.3, 0.4) is 0 Å². The maximum absolute atomic E-state index is 5.25. The van der Waals surface area contributed by atoms with Crippen molar-refractivity contribution in [2.75, 3.05) is 12.9 Å². The summed E-state index contributed by atoms with van der Waals surface area (Å²) in [6, 6.07) is 0.473. The molecule has 90 valence electrons. The molecule has 0 amide bonds. The molecule has 0 aromatic carbocycles. The van der Waals surface area contributed by atoms with Gasteiger partial charge >= 0.3 is 0 Å². The van der Waals surface area contributed by atoms with Gasteiger partial charge in [-0.05, 0) is 18.6 Å². The Kier molecular flexibility index (Phi) is 6.36. The third-order valence-electron chi connectivity index (χ3n) is 2.71. The van der Waals surface area contributed by atoms with Gasteiger partial charge in [-0.3, -0.25) is 4.99 Å². The van der Waals surface area contributed by atoms with Gasteiger partial charge in [-0.25, -0.2) is 0 Å². The Morgan fingerprint density at radius 1 is 1.44 bits per heavy atom. The summed E-state index contributed by atoms with van der Waals surface area (Å²) in [6.45, 7) is 5.77. The summed E-state index contributed by atoms with van der Waals surface area (Å²) in [5.41, 5.74) is 2.82. The summed E-state index contributed by atoms with van der Waals surface area (Å²) in [7, 11) is 1.65. The Hall–Kier alpha value is -0.660. The van der Waals surface area contributed by atoms with Gasteiger partial charge in [0.25, 0.3) is 0 Å². The van der Waals surface area contributed by atoms with E-state index in [0.717, 1.165) is 10.8 Å². The van der Waals surface area contributed by atoms with E-state index < -0.39 is 0 Å². The van der Waals surface area contributed by atoms with E-state index >= 15 is 0 Å². The van der Waals surface area contributed by atoms with Crippen LogP contribution in [0.5, 0.6) is 0 Å². The van der Waals surface area contributed by atoms with Crippen molar-refractivity contribution in [1.29, 1.82) is 0 Å². The molecular weight excluding hydrogens is 218 g/mol. The number of nitrogens with zero attached hydrogens (tertiary/aromatic N) is 1. The molecule has 1 aliphatic carbocycles. The molecule has 0 atom stereocenters. The standard InChI is InChI=1S/C13H21NOS/c1-4-12(15-3)13(16-5-2)14-11-9-7-6-8-10-11/h11H,1,5-10H2,2-3H3. The molecular formula is C13H21NOS. The highest BCUT2D eigenvalue weighted by Crippen LogP contribution is 2.23. The molecule has 0 aliphatic heterocycles. The third kappa shape index (κ3) is 4.07. The van der Waals surface area contributed by atoms with Crippen molar-refractivity contribution in [2.24, 2.45) is 4.99 Å². The monoisotopic (exact) mass is 239 g/mol. The molecule has 0 aromatic rings. The number of hydrogen-bond donors (Lipinski definition) is 0. The smallest absolute Gasteiger partial charge is 0.193 e. The van der Waals surface area contributed by atoms with Crippen LogP contribution in [-0.4, -0.2) is 23.9 Å². The molecule has 1 saturated carbocycles. The van der Waals surface area contributed by atoms with Gasteiger partial charge in [0.1, 0.15) is 5.04 Å². The van der Waals surface area contributed by atoms with E-state index in [1.807, 2.05) is 0 Å². The second-order valence-electron chi connectivity index (χ2n) is 3.87. The summed E-state index contributed by atoms with van der Waals surface area (Å²) in [5, 5.41) is 0.965. The molecule has 0 unspecified atom stereocenters. The number of aliphatic imine (C=N–C) groups is 1. The molecule has 0 aromatic heterocycles. The zero-order valence-corrected chi connectivity index (χ0v) is 11.1. The van der Waals surface area contributed by atoms with Gasteiger partial charge in [0.05, 0.1) is 13.2 Å². The maximum atomic E-state index is 5.25. The Balaban J connectivity index is 2.74. The lowest BCUT2D eigenvalue weighted by Crippen LogP contribution is -2.13. The van der Waals surface area contributed by atoms with Gasteiger partial charge in [0.15, 0.2) is 5.76 Å². The quantitative estimate of drug-likeness (QED) is 0.322. The van der Waals surface area contributed by atoms with E-state index in [0.29, 0.717) is 11.8 Å². The first-order valence-electron chi connectivity index (χ1n) is 5.96. The fraction of sp³-hybridized carbons (Fsp3) is 0.692. The van der Waals surface area contributed by atoms with Crippen molar-refractivity contribution in [3.05, 3.63) is 18.1 Å². The number of methoxy groups -OCH3 is 1. The summed E-state index contributed by atoms with van der Waals surface area (Å²) in [4.78, 5) is 4.78. The molecule has 0 heterocycles. The molecule has 3 heteroatoms. The van der Waals surface area contributed by atoms with Gasteiger partial charge in [-0.1, -0.05) is 38.5 Å². The van der Waals surface area contributed by atoms with Crippen molar-refractivity contribution in [1.82, 2.24) is 0 Å². The zero-order chi connectivity index (χ0) is 11.8. The number of hydrogen-bond acceptors (Lipinski definition) is 3. The predicted molar refractivity (Wildman–Crippen MR) is 72.1 cm³/mol. The first kappa shape index (κ1) is 13.4. The Bertz CT molecular complexity index is 286.